The molecule has 0 fully saturated rings. The second-order valence-electron chi connectivity index (χ2n) is 29.1. The number of benzene rings is 4. The molecule has 6 nitrogen and oxygen atoms in total. The van der Waals surface area contributed by atoms with Crippen LogP contribution >= 0.6 is 22.7 Å². The lowest BCUT2D eigenvalue weighted by Crippen LogP contribution is -2.34. The molecule has 0 saturated heterocycles. The van der Waals surface area contributed by atoms with E-state index in [2.05, 4.69) is 235 Å². The highest BCUT2D eigenvalue weighted by Crippen LogP contribution is 2.50. The van der Waals surface area contributed by atoms with E-state index >= 15 is 9.59 Å². The summed E-state index contributed by atoms with van der Waals surface area (Å²) in [4.78, 5) is 43.9. The first kappa shape index (κ1) is 80.6. The molecule has 0 N–H and O–H groups in total. The van der Waals surface area contributed by atoms with Crippen molar-refractivity contribution in [2.24, 2.45) is 11.8 Å². The van der Waals surface area contributed by atoms with Gasteiger partial charge in [0.1, 0.15) is 0 Å². The third-order valence-corrected chi connectivity index (χ3v) is 22.9. The van der Waals surface area contributed by atoms with Crippen molar-refractivity contribution >= 4 is 81.6 Å². The summed E-state index contributed by atoms with van der Waals surface area (Å²) in [6.07, 6.45) is 48.8. The van der Waals surface area contributed by atoms with Crippen LogP contribution in [-0.4, -0.2) is 60.9 Å². The largest absolute Gasteiger partial charge is 0.372 e. The summed E-state index contributed by atoms with van der Waals surface area (Å²) >= 11 is 3.16. The van der Waals surface area contributed by atoms with Gasteiger partial charge in [0.15, 0.2) is 0 Å². The second kappa shape index (κ2) is 45.9. The predicted octanol–water partition coefficient (Wildman–Crippen LogP) is 26.2. The number of hydrogen-bond acceptors (Lipinski definition) is 6. The van der Waals surface area contributed by atoms with E-state index in [0.717, 1.165) is 131 Å². The van der Waals surface area contributed by atoms with Gasteiger partial charge in [-0.3, -0.25) is 9.59 Å². The zero-order chi connectivity index (χ0) is 71.9. The maximum Gasteiger partial charge on any atom is 0.261 e. The molecule has 546 valence electrons. The number of unbranched alkanes of at least 4 members (excludes halogenated alkanes) is 22. The first-order valence-corrected chi connectivity index (χ1v) is 42.4. The first-order valence-electron chi connectivity index (χ1n) is 40.7. The molecule has 4 aromatic carbocycles. The Kier molecular flexibility index (Phi) is 36.2. The van der Waals surface area contributed by atoms with Gasteiger partial charge in [0.25, 0.3) is 11.8 Å². The maximum atomic E-state index is 15.6. The van der Waals surface area contributed by atoms with Gasteiger partial charge in [-0.1, -0.05) is 319 Å². The van der Waals surface area contributed by atoms with Crippen molar-refractivity contribution in [2.45, 2.75) is 261 Å². The molecule has 2 aliphatic heterocycles. The van der Waals surface area contributed by atoms with Gasteiger partial charge in [-0.05, 0) is 145 Å². The minimum absolute atomic E-state index is 0.0738. The monoisotopic (exact) mass is 1410 g/mol. The van der Waals surface area contributed by atoms with Crippen molar-refractivity contribution in [2.75, 3.05) is 49.1 Å². The van der Waals surface area contributed by atoms with E-state index in [1.807, 2.05) is 9.80 Å². The minimum atomic E-state index is -0.0738. The van der Waals surface area contributed by atoms with Crippen LogP contribution in [0.2, 0.25) is 0 Å². The minimum Gasteiger partial charge on any atom is -0.372 e. The van der Waals surface area contributed by atoms with Gasteiger partial charge in [0.2, 0.25) is 0 Å². The number of fused-ring (bicyclic) bond motifs is 1. The molecular weight excluding hydrogens is 1280 g/mol. The molecule has 2 amide bonds. The van der Waals surface area contributed by atoms with Crippen molar-refractivity contribution in [1.29, 1.82) is 0 Å². The number of hydrogen-bond donors (Lipinski definition) is 0. The zero-order valence-electron chi connectivity index (χ0n) is 64.3. The first-order chi connectivity index (χ1) is 50.1. The summed E-state index contributed by atoms with van der Waals surface area (Å²) in [7, 11) is 0. The Morgan fingerprint density at radius 2 is 0.618 bits per heavy atom. The quantitative estimate of drug-likeness (QED) is 0.0217. The maximum absolute atomic E-state index is 15.6. The van der Waals surface area contributed by atoms with Crippen LogP contribution in [0.1, 0.15) is 314 Å². The molecule has 0 spiro atoms. The van der Waals surface area contributed by atoms with E-state index in [4.69, 9.17) is 0 Å². The van der Waals surface area contributed by atoms with Crippen LogP contribution in [0, 0.1) is 35.5 Å². The van der Waals surface area contributed by atoms with Crippen LogP contribution in [0.25, 0.3) is 35.7 Å². The molecule has 0 bridgehead atoms. The number of rotatable bonds is 48. The van der Waals surface area contributed by atoms with Gasteiger partial charge in [0.05, 0.1) is 42.0 Å². The fraction of sp³-hybridized carbons (Fsp3) is 0.511. The van der Waals surface area contributed by atoms with Crippen molar-refractivity contribution in [1.82, 2.24) is 9.80 Å². The molecule has 0 saturated carbocycles. The second-order valence-corrected chi connectivity index (χ2v) is 31.2. The summed E-state index contributed by atoms with van der Waals surface area (Å²) in [5.74, 6) is 14.3. The molecule has 0 radical (unpaired) electrons. The van der Waals surface area contributed by atoms with E-state index < -0.39 is 0 Å². The highest BCUT2D eigenvalue weighted by atomic mass is 32.1. The lowest BCUT2D eigenvalue weighted by molar-refractivity contribution is -0.124. The number of anilines is 2. The fourth-order valence-corrected chi connectivity index (χ4v) is 16.2. The van der Waals surface area contributed by atoms with Crippen LogP contribution in [-0.2, 0) is 9.59 Å². The van der Waals surface area contributed by atoms with Gasteiger partial charge in [-0.25, -0.2) is 0 Å². The molecule has 2 aromatic heterocycles. The molecule has 8 heteroatoms. The highest BCUT2D eigenvalue weighted by Gasteiger charge is 2.50. The number of carbonyl (C=O) groups is 2. The Labute approximate surface area is 627 Å². The van der Waals surface area contributed by atoms with Crippen molar-refractivity contribution < 1.29 is 9.59 Å². The van der Waals surface area contributed by atoms with Gasteiger partial charge in [0, 0.05) is 61.8 Å². The van der Waals surface area contributed by atoms with E-state index in [1.165, 1.54) is 177 Å². The Balaban J connectivity index is 0.985. The molecule has 102 heavy (non-hydrogen) atoms. The van der Waals surface area contributed by atoms with Crippen molar-refractivity contribution in [3.63, 3.8) is 0 Å². The van der Waals surface area contributed by atoms with E-state index in [1.54, 1.807) is 22.7 Å². The Morgan fingerprint density at radius 3 is 0.912 bits per heavy atom. The van der Waals surface area contributed by atoms with Crippen LogP contribution in [0.15, 0.2) is 132 Å². The van der Waals surface area contributed by atoms with Gasteiger partial charge in [-0.2, -0.15) is 0 Å². The van der Waals surface area contributed by atoms with E-state index in [0.29, 0.717) is 36.1 Å². The SMILES string of the molecule is CCCCCCCCN(CCCCCCCC)c1ccc(/C=C/c2ccc(C#Cc3ccc(C4=C5C(=O)N(CC(CC)CCCC)C(c6ccc(C#Cc7ccc(/C=C/c8ccc(N(CCCCCCCC)CCCCCCCC)cc8)cc7)s6)=C5C(=O)N4CC(CC)CCCC)s3)cc2)cc1. The number of amides is 2. The standard InChI is InChI=1S/C94H126N4O2S2/c1-9-17-23-27-31-35-69-95(70-36-32-28-24-18-10-2)83-59-53-81(54-60-83)51-45-77-41-47-79(48-42-77)57-63-85-65-67-87(101-85)91-89-90(94(100)97(91)73-75(15-7)39-21-13-5)92(98(93(89)99)74-76(16-8)40-22-14-6)88-68-66-86(102-88)64-58-80-49-43-78(44-50-80)46-52-82-55-61-84(62-56-82)96(71-37-33-29-25-19-11-3)72-38-34-30-26-20-12-4/h41-56,59-62,65-68,75-76H,9-40,69-74H2,1-8H3/b51-45+,52-46+. The topological polar surface area (TPSA) is 47.1 Å². The van der Waals surface area contributed by atoms with E-state index in [9.17, 15) is 0 Å². The molecule has 2 unspecified atom stereocenters. The molecule has 8 rings (SSSR count). The molecule has 6 aromatic rings. The third-order valence-electron chi connectivity index (χ3n) is 20.9. The molecule has 2 aliphatic rings. The fourth-order valence-electron chi connectivity index (χ4n) is 14.3. The Hall–Kier alpha value is -7.10. The smallest absolute Gasteiger partial charge is 0.261 e. The van der Waals surface area contributed by atoms with Crippen molar-refractivity contribution in [3.8, 4) is 23.7 Å². The van der Waals surface area contributed by atoms with Crippen LogP contribution < -0.4 is 9.80 Å². The average Bonchev–Trinajstić information content (AvgIpc) is 1.55. The molecule has 2 atom stereocenters. The lowest BCUT2D eigenvalue weighted by Gasteiger charge is -2.29. The van der Waals surface area contributed by atoms with Crippen LogP contribution in [0.3, 0.4) is 0 Å². The summed E-state index contributed by atoms with van der Waals surface area (Å²) in [5, 5.41) is 0. The number of nitrogens with zero attached hydrogens (tertiary/aromatic N) is 4. The summed E-state index contributed by atoms with van der Waals surface area (Å²) in [6, 6.07) is 43.6. The van der Waals surface area contributed by atoms with Gasteiger partial charge >= 0.3 is 0 Å². The van der Waals surface area contributed by atoms with Crippen molar-refractivity contribution in [3.05, 3.63) is 185 Å². The predicted molar refractivity (Wildman–Crippen MR) is 446 cm³/mol. The average molecular weight is 1410 g/mol. The van der Waals surface area contributed by atoms with Gasteiger partial charge in [-0.15, -0.1) is 22.7 Å². The van der Waals surface area contributed by atoms with E-state index in [-0.39, 0.29) is 11.8 Å². The normalized spacial score (nSPS) is 13.6. The number of carbonyl (C=O) groups excluding carboxylic acids is 2. The summed E-state index contributed by atoms with van der Waals surface area (Å²) in [6.45, 7) is 23.8. The summed E-state index contributed by atoms with van der Waals surface area (Å²) < 4.78 is 0. The number of thiophene rings is 2. The Morgan fingerprint density at radius 1 is 0.333 bits per heavy atom. The van der Waals surface area contributed by atoms with Crippen LogP contribution in [0.5, 0.6) is 0 Å². The zero-order valence-corrected chi connectivity index (χ0v) is 65.9. The highest BCUT2D eigenvalue weighted by molar-refractivity contribution is 7.14. The summed E-state index contributed by atoms with van der Waals surface area (Å²) in [5.41, 5.74) is 11.8. The molecular formula is C94H126N4O2S2. The Bertz CT molecular complexity index is 3410. The van der Waals surface area contributed by atoms with Crippen LogP contribution in [0.4, 0.5) is 11.4 Å². The third kappa shape index (κ3) is 25.6. The lowest BCUT2D eigenvalue weighted by atomic mass is 9.98. The molecule has 4 heterocycles. The van der Waals surface area contributed by atoms with Gasteiger partial charge < -0.3 is 19.6 Å². The molecule has 0 aliphatic carbocycles.